The molecule has 0 spiro atoms. The van der Waals surface area contributed by atoms with Gasteiger partial charge in [0.05, 0.1) is 6.10 Å². The van der Waals surface area contributed by atoms with Gasteiger partial charge in [-0.2, -0.15) is 0 Å². The van der Waals surface area contributed by atoms with Crippen LogP contribution in [0.15, 0.2) is 0 Å². The van der Waals surface area contributed by atoms with Crippen LogP contribution in [-0.2, 0) is 5.41 Å². The van der Waals surface area contributed by atoms with Crippen molar-refractivity contribution >= 4 is 5.91 Å². The summed E-state index contributed by atoms with van der Waals surface area (Å²) in [5.74, 6) is 0.546. The monoisotopic (exact) mass is 266 g/mol. The molecule has 0 bridgehead atoms. The summed E-state index contributed by atoms with van der Waals surface area (Å²) in [5.41, 5.74) is -0.462. The molecule has 1 saturated carbocycles. The van der Waals surface area contributed by atoms with Crippen LogP contribution in [0.25, 0.3) is 0 Å². The van der Waals surface area contributed by atoms with Crippen molar-refractivity contribution in [3.05, 3.63) is 11.6 Å². The quantitative estimate of drug-likeness (QED) is 0.744. The first kappa shape index (κ1) is 14.0. The zero-order chi connectivity index (χ0) is 14.4. The Morgan fingerprint density at radius 2 is 2.11 bits per heavy atom. The van der Waals surface area contributed by atoms with Crippen LogP contribution in [0.5, 0.6) is 0 Å². The van der Waals surface area contributed by atoms with Crippen LogP contribution in [0.2, 0.25) is 0 Å². The molecule has 19 heavy (non-hydrogen) atoms. The lowest BCUT2D eigenvalue weighted by Gasteiger charge is -2.49. The third-order valence-corrected chi connectivity index (χ3v) is 3.92. The van der Waals surface area contributed by atoms with Crippen LogP contribution < -0.4 is 5.32 Å². The van der Waals surface area contributed by atoms with Gasteiger partial charge in [0.1, 0.15) is 5.82 Å². The van der Waals surface area contributed by atoms with Crippen LogP contribution >= 0.6 is 0 Å². The van der Waals surface area contributed by atoms with Crippen molar-refractivity contribution in [1.82, 2.24) is 20.5 Å². The Balaban J connectivity index is 2.04. The SMILES string of the molecule is CC(C)(C)c1nc(C(=O)NC2CC(O)C2(C)C)n[nH]1. The molecule has 6 nitrogen and oxygen atoms in total. The first-order valence-electron chi connectivity index (χ1n) is 6.54. The summed E-state index contributed by atoms with van der Waals surface area (Å²) in [6.07, 6.45) is 0.213. The number of aliphatic hydroxyl groups is 1. The van der Waals surface area contributed by atoms with Gasteiger partial charge in [-0.3, -0.25) is 9.89 Å². The molecule has 1 aliphatic rings. The Morgan fingerprint density at radius 1 is 1.47 bits per heavy atom. The molecule has 0 aliphatic heterocycles. The van der Waals surface area contributed by atoms with Gasteiger partial charge in [-0.1, -0.05) is 34.6 Å². The zero-order valence-corrected chi connectivity index (χ0v) is 12.1. The Bertz CT molecular complexity index is 487. The van der Waals surface area contributed by atoms with Crippen LogP contribution in [-0.4, -0.2) is 38.3 Å². The first-order valence-corrected chi connectivity index (χ1v) is 6.54. The van der Waals surface area contributed by atoms with Crippen molar-refractivity contribution in [2.75, 3.05) is 0 Å². The number of nitrogens with zero attached hydrogens (tertiary/aromatic N) is 2. The number of hydrogen-bond acceptors (Lipinski definition) is 4. The number of hydrogen-bond donors (Lipinski definition) is 3. The highest BCUT2D eigenvalue weighted by molar-refractivity contribution is 5.90. The molecule has 1 heterocycles. The van der Waals surface area contributed by atoms with Gasteiger partial charge < -0.3 is 10.4 Å². The van der Waals surface area contributed by atoms with E-state index in [4.69, 9.17) is 0 Å². The lowest BCUT2D eigenvalue weighted by Crippen LogP contribution is -2.61. The van der Waals surface area contributed by atoms with E-state index >= 15 is 0 Å². The van der Waals surface area contributed by atoms with E-state index in [0.29, 0.717) is 12.2 Å². The summed E-state index contributed by atoms with van der Waals surface area (Å²) in [7, 11) is 0. The van der Waals surface area contributed by atoms with Crippen molar-refractivity contribution in [3.8, 4) is 0 Å². The second-order valence-electron chi connectivity index (χ2n) is 6.86. The van der Waals surface area contributed by atoms with Gasteiger partial charge >= 0.3 is 0 Å². The lowest BCUT2D eigenvalue weighted by atomic mass is 9.64. The van der Waals surface area contributed by atoms with Gasteiger partial charge in [-0.05, 0) is 6.42 Å². The average Bonchev–Trinajstić information content (AvgIpc) is 2.77. The minimum Gasteiger partial charge on any atom is -0.392 e. The minimum absolute atomic E-state index is 0.0356. The van der Waals surface area contributed by atoms with Gasteiger partial charge in [0, 0.05) is 16.9 Å². The smallest absolute Gasteiger partial charge is 0.291 e. The van der Waals surface area contributed by atoms with E-state index in [-0.39, 0.29) is 34.7 Å². The van der Waals surface area contributed by atoms with E-state index in [1.54, 1.807) is 0 Å². The van der Waals surface area contributed by atoms with Gasteiger partial charge in [0.2, 0.25) is 5.82 Å². The molecule has 1 aromatic heterocycles. The molecule has 1 amide bonds. The van der Waals surface area contributed by atoms with Crippen LogP contribution in [0, 0.1) is 5.41 Å². The Morgan fingerprint density at radius 3 is 2.53 bits per heavy atom. The highest BCUT2D eigenvalue weighted by Crippen LogP contribution is 2.40. The van der Waals surface area contributed by atoms with Crippen molar-refractivity contribution in [2.45, 2.75) is 58.6 Å². The van der Waals surface area contributed by atoms with Gasteiger partial charge in [-0.25, -0.2) is 4.98 Å². The van der Waals surface area contributed by atoms with E-state index in [1.165, 1.54) is 0 Å². The number of carbonyl (C=O) groups excluding carboxylic acids is 1. The van der Waals surface area contributed by atoms with Crippen molar-refractivity contribution in [2.24, 2.45) is 5.41 Å². The Kier molecular flexibility index (Phi) is 3.16. The molecule has 0 aromatic carbocycles. The van der Waals surface area contributed by atoms with E-state index in [9.17, 15) is 9.90 Å². The molecule has 1 fully saturated rings. The van der Waals surface area contributed by atoms with Gasteiger partial charge in [0.15, 0.2) is 0 Å². The minimum atomic E-state index is -0.366. The molecule has 0 radical (unpaired) electrons. The zero-order valence-electron chi connectivity index (χ0n) is 12.1. The fourth-order valence-corrected chi connectivity index (χ4v) is 2.07. The van der Waals surface area contributed by atoms with Crippen LogP contribution in [0.3, 0.4) is 0 Å². The summed E-state index contributed by atoms with van der Waals surface area (Å²) in [6.45, 7) is 9.87. The van der Waals surface area contributed by atoms with Crippen LogP contribution in [0.4, 0.5) is 0 Å². The number of aromatic amines is 1. The fraction of sp³-hybridized carbons (Fsp3) is 0.769. The number of amides is 1. The standard InChI is InChI=1S/C13H22N4O2/c1-12(2,3)11-15-9(16-17-11)10(19)14-7-6-8(18)13(7,4)5/h7-8,18H,6H2,1-5H3,(H,14,19)(H,15,16,17). The van der Waals surface area contributed by atoms with Gasteiger partial charge in [-0.15, -0.1) is 5.10 Å². The number of nitrogens with one attached hydrogen (secondary N) is 2. The Hall–Kier alpha value is -1.43. The largest absolute Gasteiger partial charge is 0.392 e. The second-order valence-corrected chi connectivity index (χ2v) is 6.86. The molecular weight excluding hydrogens is 244 g/mol. The van der Waals surface area contributed by atoms with E-state index in [2.05, 4.69) is 20.5 Å². The molecular formula is C13H22N4O2. The summed E-state index contributed by atoms with van der Waals surface area (Å²) in [5, 5.41) is 19.3. The molecule has 1 aliphatic carbocycles. The maximum atomic E-state index is 12.0. The molecule has 2 unspecified atom stereocenters. The van der Waals surface area contributed by atoms with Gasteiger partial charge in [0.25, 0.3) is 5.91 Å². The fourth-order valence-electron chi connectivity index (χ4n) is 2.07. The molecule has 6 heteroatoms. The van der Waals surface area contributed by atoms with Crippen molar-refractivity contribution in [3.63, 3.8) is 0 Å². The topological polar surface area (TPSA) is 90.9 Å². The van der Waals surface area contributed by atoms with E-state index < -0.39 is 0 Å². The summed E-state index contributed by atoms with van der Waals surface area (Å²) in [4.78, 5) is 16.3. The average molecular weight is 266 g/mol. The van der Waals surface area contributed by atoms with Crippen molar-refractivity contribution in [1.29, 1.82) is 0 Å². The summed E-state index contributed by atoms with van der Waals surface area (Å²) >= 11 is 0. The maximum absolute atomic E-state index is 12.0. The molecule has 3 N–H and O–H groups in total. The van der Waals surface area contributed by atoms with E-state index in [0.717, 1.165) is 0 Å². The number of aliphatic hydroxyl groups excluding tert-OH is 1. The molecule has 106 valence electrons. The number of carbonyl (C=O) groups is 1. The number of aromatic nitrogens is 3. The summed E-state index contributed by atoms with van der Waals surface area (Å²) in [6, 6.07) is -0.0356. The maximum Gasteiger partial charge on any atom is 0.291 e. The molecule has 2 atom stereocenters. The Labute approximate surface area is 113 Å². The molecule has 1 aromatic rings. The first-order chi connectivity index (χ1) is 8.62. The highest BCUT2D eigenvalue weighted by atomic mass is 16.3. The number of H-pyrrole nitrogens is 1. The summed E-state index contributed by atoms with van der Waals surface area (Å²) < 4.78 is 0. The van der Waals surface area contributed by atoms with E-state index in [1.807, 2.05) is 34.6 Å². The third kappa shape index (κ3) is 2.49. The molecule has 2 rings (SSSR count). The van der Waals surface area contributed by atoms with Crippen molar-refractivity contribution < 1.29 is 9.90 Å². The predicted octanol–water partition coefficient (Wildman–Crippen LogP) is 0.991. The highest BCUT2D eigenvalue weighted by Gasteiger charge is 2.48. The normalized spacial score (nSPS) is 25.8. The molecule has 0 saturated heterocycles. The predicted molar refractivity (Wildman–Crippen MR) is 70.7 cm³/mol. The number of rotatable bonds is 2. The second kappa shape index (κ2) is 4.30. The van der Waals surface area contributed by atoms with Crippen LogP contribution in [0.1, 0.15) is 57.5 Å². The third-order valence-electron chi connectivity index (χ3n) is 3.92. The lowest BCUT2D eigenvalue weighted by molar-refractivity contribution is -0.0690.